The van der Waals surface area contributed by atoms with E-state index in [4.69, 9.17) is 0 Å². The van der Waals surface area contributed by atoms with Crippen molar-refractivity contribution in [2.75, 3.05) is 19.6 Å². The summed E-state index contributed by atoms with van der Waals surface area (Å²) in [5.41, 5.74) is 1.02. The lowest BCUT2D eigenvalue weighted by Crippen LogP contribution is -2.59. The van der Waals surface area contributed by atoms with Crippen LogP contribution < -0.4 is 0 Å². The average molecular weight is 332 g/mol. The standard InChI is InChI=1S/C18H24N2O4/c1-2-3-11-19-12-13-20(17(22)16(19)21)15(18(23)24)10-9-14-7-5-4-6-8-14/h4-8,15H,2-3,9-13H2,1H3,(H,23,24). The van der Waals surface area contributed by atoms with Gasteiger partial charge in [0.25, 0.3) is 0 Å². The summed E-state index contributed by atoms with van der Waals surface area (Å²) in [6.07, 6.45) is 2.63. The van der Waals surface area contributed by atoms with Crippen LogP contribution in [0.2, 0.25) is 0 Å². The number of carboxylic acids is 1. The molecular weight excluding hydrogens is 308 g/mol. The Morgan fingerprint density at radius 2 is 1.88 bits per heavy atom. The zero-order valence-corrected chi connectivity index (χ0v) is 14.0. The lowest BCUT2D eigenvalue weighted by Gasteiger charge is -2.36. The van der Waals surface area contributed by atoms with Gasteiger partial charge in [-0.3, -0.25) is 9.59 Å². The Balaban J connectivity index is 2.02. The molecule has 1 aromatic carbocycles. The largest absolute Gasteiger partial charge is 0.480 e. The molecule has 1 heterocycles. The fourth-order valence-corrected chi connectivity index (χ4v) is 2.91. The third-order valence-corrected chi connectivity index (χ3v) is 4.33. The predicted octanol–water partition coefficient (Wildman–Crippen LogP) is 1.54. The molecule has 0 spiro atoms. The molecule has 1 aliphatic heterocycles. The van der Waals surface area contributed by atoms with Crippen LogP contribution in [0, 0.1) is 0 Å². The zero-order valence-electron chi connectivity index (χ0n) is 14.0. The van der Waals surface area contributed by atoms with Crippen molar-refractivity contribution in [2.45, 2.75) is 38.6 Å². The van der Waals surface area contributed by atoms with Gasteiger partial charge in [-0.1, -0.05) is 43.7 Å². The van der Waals surface area contributed by atoms with Crippen LogP contribution in [0.15, 0.2) is 30.3 Å². The zero-order chi connectivity index (χ0) is 17.5. The van der Waals surface area contributed by atoms with E-state index in [0.29, 0.717) is 25.9 Å². The number of amides is 2. The molecule has 130 valence electrons. The number of rotatable bonds is 8. The molecule has 6 nitrogen and oxygen atoms in total. The SMILES string of the molecule is CCCCN1CCN(C(CCc2ccccc2)C(=O)O)C(=O)C1=O. The van der Waals surface area contributed by atoms with Gasteiger partial charge in [0.2, 0.25) is 0 Å². The van der Waals surface area contributed by atoms with Gasteiger partial charge in [-0.25, -0.2) is 4.79 Å². The van der Waals surface area contributed by atoms with Crippen molar-refractivity contribution in [3.05, 3.63) is 35.9 Å². The maximum atomic E-state index is 12.3. The molecule has 0 aromatic heterocycles. The fraction of sp³-hybridized carbons (Fsp3) is 0.500. The van der Waals surface area contributed by atoms with Crippen molar-refractivity contribution in [1.82, 2.24) is 9.80 Å². The van der Waals surface area contributed by atoms with Crippen LogP contribution in [-0.4, -0.2) is 58.4 Å². The summed E-state index contributed by atoms with van der Waals surface area (Å²) >= 11 is 0. The molecule has 24 heavy (non-hydrogen) atoms. The Kier molecular flexibility index (Phi) is 6.35. The fourth-order valence-electron chi connectivity index (χ4n) is 2.91. The maximum absolute atomic E-state index is 12.3. The van der Waals surface area contributed by atoms with Gasteiger partial charge in [-0.15, -0.1) is 0 Å². The van der Waals surface area contributed by atoms with E-state index in [9.17, 15) is 19.5 Å². The monoisotopic (exact) mass is 332 g/mol. The van der Waals surface area contributed by atoms with Gasteiger partial charge in [0.05, 0.1) is 0 Å². The lowest BCUT2D eigenvalue weighted by atomic mass is 10.0. The minimum atomic E-state index is -1.06. The number of carbonyl (C=O) groups is 3. The number of aryl methyl sites for hydroxylation is 1. The number of carbonyl (C=O) groups excluding carboxylic acids is 2. The summed E-state index contributed by atoms with van der Waals surface area (Å²) in [7, 11) is 0. The number of nitrogens with zero attached hydrogens (tertiary/aromatic N) is 2. The molecular formula is C18H24N2O4. The Morgan fingerprint density at radius 1 is 1.17 bits per heavy atom. The van der Waals surface area contributed by atoms with Crippen LogP contribution in [-0.2, 0) is 20.8 Å². The highest BCUT2D eigenvalue weighted by atomic mass is 16.4. The first-order chi connectivity index (χ1) is 11.5. The summed E-state index contributed by atoms with van der Waals surface area (Å²) < 4.78 is 0. The summed E-state index contributed by atoms with van der Waals surface area (Å²) in [5, 5.41) is 9.50. The molecule has 0 saturated carbocycles. The molecule has 1 unspecified atom stereocenters. The van der Waals surface area contributed by atoms with Crippen molar-refractivity contribution >= 4 is 17.8 Å². The third kappa shape index (κ3) is 4.34. The highest BCUT2D eigenvalue weighted by molar-refractivity contribution is 6.35. The normalized spacial score (nSPS) is 16.4. The van der Waals surface area contributed by atoms with Crippen LogP contribution in [0.3, 0.4) is 0 Å². The Labute approximate surface area is 142 Å². The number of unbranched alkanes of at least 4 members (excludes halogenated alkanes) is 1. The van der Waals surface area contributed by atoms with E-state index in [1.165, 1.54) is 9.80 Å². The smallest absolute Gasteiger partial charge is 0.326 e. The summed E-state index contributed by atoms with van der Waals surface area (Å²) in [6.45, 7) is 3.25. The number of hydrogen-bond donors (Lipinski definition) is 1. The first-order valence-corrected chi connectivity index (χ1v) is 8.41. The second-order valence-corrected chi connectivity index (χ2v) is 6.02. The van der Waals surface area contributed by atoms with Gasteiger partial charge < -0.3 is 14.9 Å². The number of aliphatic carboxylic acids is 1. The third-order valence-electron chi connectivity index (χ3n) is 4.33. The molecule has 1 aromatic rings. The van der Waals surface area contributed by atoms with E-state index >= 15 is 0 Å². The topological polar surface area (TPSA) is 77.9 Å². The minimum Gasteiger partial charge on any atom is -0.480 e. The van der Waals surface area contributed by atoms with Crippen LogP contribution in [0.5, 0.6) is 0 Å². The first-order valence-electron chi connectivity index (χ1n) is 8.41. The van der Waals surface area contributed by atoms with Crippen LogP contribution >= 0.6 is 0 Å². The van der Waals surface area contributed by atoms with E-state index in [0.717, 1.165) is 18.4 Å². The summed E-state index contributed by atoms with van der Waals surface area (Å²) in [6, 6.07) is 8.58. The quantitative estimate of drug-likeness (QED) is 0.733. The average Bonchev–Trinajstić information content (AvgIpc) is 2.58. The summed E-state index contributed by atoms with van der Waals surface area (Å²) in [4.78, 5) is 38.9. The maximum Gasteiger partial charge on any atom is 0.326 e. The number of piperazine rings is 1. The number of hydrogen-bond acceptors (Lipinski definition) is 3. The van der Waals surface area contributed by atoms with Crippen molar-refractivity contribution in [2.24, 2.45) is 0 Å². The van der Waals surface area contributed by atoms with Gasteiger partial charge in [0.1, 0.15) is 6.04 Å². The van der Waals surface area contributed by atoms with Crippen molar-refractivity contribution in [3.63, 3.8) is 0 Å². The molecule has 0 bridgehead atoms. The van der Waals surface area contributed by atoms with E-state index < -0.39 is 23.8 Å². The molecule has 1 atom stereocenters. The van der Waals surface area contributed by atoms with Gasteiger partial charge in [0.15, 0.2) is 0 Å². The molecule has 1 N–H and O–H groups in total. The van der Waals surface area contributed by atoms with Gasteiger partial charge in [-0.2, -0.15) is 0 Å². The molecule has 0 aliphatic carbocycles. The van der Waals surface area contributed by atoms with Crippen molar-refractivity contribution in [3.8, 4) is 0 Å². The predicted molar refractivity (Wildman–Crippen MR) is 89.4 cm³/mol. The first kappa shape index (κ1) is 18.0. The highest BCUT2D eigenvalue weighted by Crippen LogP contribution is 2.15. The minimum absolute atomic E-state index is 0.278. The lowest BCUT2D eigenvalue weighted by molar-refractivity contribution is -0.162. The van der Waals surface area contributed by atoms with Gasteiger partial charge >= 0.3 is 17.8 Å². The van der Waals surface area contributed by atoms with Gasteiger partial charge in [0, 0.05) is 19.6 Å². The second-order valence-electron chi connectivity index (χ2n) is 6.02. The highest BCUT2D eigenvalue weighted by Gasteiger charge is 2.38. The number of carboxylic acid groups (broad SMARTS) is 1. The van der Waals surface area contributed by atoms with E-state index in [-0.39, 0.29) is 6.54 Å². The number of benzene rings is 1. The molecule has 1 aliphatic rings. The van der Waals surface area contributed by atoms with E-state index in [1.807, 2.05) is 37.3 Å². The Hall–Kier alpha value is -2.37. The molecule has 6 heteroatoms. The molecule has 2 rings (SSSR count). The van der Waals surface area contributed by atoms with Crippen LogP contribution in [0.25, 0.3) is 0 Å². The van der Waals surface area contributed by atoms with E-state index in [1.54, 1.807) is 0 Å². The van der Waals surface area contributed by atoms with E-state index in [2.05, 4.69) is 0 Å². The summed E-state index contributed by atoms with van der Waals surface area (Å²) in [5.74, 6) is -2.34. The van der Waals surface area contributed by atoms with Crippen molar-refractivity contribution in [1.29, 1.82) is 0 Å². The van der Waals surface area contributed by atoms with Crippen molar-refractivity contribution < 1.29 is 19.5 Å². The van der Waals surface area contributed by atoms with Gasteiger partial charge in [-0.05, 0) is 24.8 Å². The molecule has 1 saturated heterocycles. The van der Waals surface area contributed by atoms with Crippen LogP contribution in [0.1, 0.15) is 31.7 Å². The molecule has 1 fully saturated rings. The van der Waals surface area contributed by atoms with Crippen LogP contribution in [0.4, 0.5) is 0 Å². The molecule has 2 amide bonds. The second kappa shape index (κ2) is 8.47. The Bertz CT molecular complexity index is 588. The molecule has 0 radical (unpaired) electrons. The Morgan fingerprint density at radius 3 is 2.50 bits per heavy atom.